The number of ketones is 1. The maximum absolute atomic E-state index is 12.2. The molecule has 23 heavy (non-hydrogen) atoms. The van der Waals surface area contributed by atoms with Crippen molar-refractivity contribution in [3.8, 4) is 0 Å². The molecule has 1 heterocycles. The van der Waals surface area contributed by atoms with Crippen LogP contribution in [0.15, 0.2) is 35.6 Å². The number of ether oxygens (including phenoxy) is 1. The molecule has 1 atom stereocenters. The molecule has 0 spiro atoms. The Morgan fingerprint density at radius 3 is 2.48 bits per heavy atom. The van der Waals surface area contributed by atoms with Gasteiger partial charge in [-0.1, -0.05) is 35.0 Å². The van der Waals surface area contributed by atoms with Crippen LogP contribution in [0, 0.1) is 0 Å². The van der Waals surface area contributed by atoms with Gasteiger partial charge in [-0.05, 0) is 37.4 Å². The van der Waals surface area contributed by atoms with Gasteiger partial charge in [-0.25, -0.2) is 14.8 Å². The Morgan fingerprint density at radius 2 is 1.87 bits per heavy atom. The molecule has 0 saturated carbocycles. The first kappa shape index (κ1) is 17.7. The molecule has 0 fully saturated rings. The molecule has 0 aliphatic carbocycles. The van der Waals surface area contributed by atoms with Gasteiger partial charge in [0, 0.05) is 10.6 Å². The molecule has 0 aliphatic heterocycles. The van der Waals surface area contributed by atoms with Crippen molar-refractivity contribution in [2.45, 2.75) is 18.2 Å². The molecule has 120 valence electrons. The maximum Gasteiger partial charge on any atom is 0.359 e. The number of halogens is 2. The van der Waals surface area contributed by atoms with E-state index in [1.165, 1.54) is 24.9 Å². The molecule has 0 amide bonds. The number of carbonyl (C=O) groups excluding carboxylic acids is 2. The van der Waals surface area contributed by atoms with Gasteiger partial charge in [0.05, 0.1) is 11.2 Å². The summed E-state index contributed by atoms with van der Waals surface area (Å²) in [6, 6.07) is 6.32. The van der Waals surface area contributed by atoms with E-state index in [4.69, 9.17) is 27.9 Å². The van der Waals surface area contributed by atoms with Crippen LogP contribution in [0.2, 0.25) is 10.0 Å². The van der Waals surface area contributed by atoms with E-state index < -0.39 is 12.1 Å². The number of hydrogen-bond donors (Lipinski definition) is 0. The zero-order valence-corrected chi connectivity index (χ0v) is 14.6. The van der Waals surface area contributed by atoms with E-state index in [0.29, 0.717) is 15.7 Å². The summed E-state index contributed by atoms with van der Waals surface area (Å²) in [4.78, 5) is 32.3. The minimum Gasteiger partial charge on any atom is -0.449 e. The quantitative estimate of drug-likeness (QED) is 0.343. The van der Waals surface area contributed by atoms with Gasteiger partial charge in [-0.2, -0.15) is 0 Å². The van der Waals surface area contributed by atoms with Crippen LogP contribution in [-0.4, -0.2) is 34.1 Å². The monoisotopic (exact) mass is 370 g/mol. The molecule has 0 N–H and O–H groups in total. The highest BCUT2D eigenvalue weighted by Gasteiger charge is 2.23. The van der Waals surface area contributed by atoms with Crippen molar-refractivity contribution in [3.05, 3.63) is 51.8 Å². The molecule has 0 aliphatic rings. The highest BCUT2D eigenvalue weighted by molar-refractivity contribution is 7.98. The second-order valence-electron chi connectivity index (χ2n) is 4.47. The first-order valence-electron chi connectivity index (χ1n) is 6.49. The van der Waals surface area contributed by atoms with Crippen molar-refractivity contribution in [3.63, 3.8) is 0 Å². The van der Waals surface area contributed by atoms with Gasteiger partial charge >= 0.3 is 5.97 Å². The standard InChI is InChI=1S/C15H12Cl2N2O3S/c1-8(13(20)9-3-5-10(16)6-4-9)22-14(21)12-11(17)7-18-15(19-12)23-2/h3-8H,1-2H3. The number of benzene rings is 1. The molecule has 0 saturated heterocycles. The number of thioether (sulfide) groups is 1. The molecule has 0 bridgehead atoms. The fraction of sp³-hybridized carbons (Fsp3) is 0.200. The molecule has 1 unspecified atom stereocenters. The van der Waals surface area contributed by atoms with Crippen molar-refractivity contribution < 1.29 is 14.3 Å². The fourth-order valence-electron chi connectivity index (χ4n) is 1.71. The van der Waals surface area contributed by atoms with Crippen molar-refractivity contribution in [1.82, 2.24) is 9.97 Å². The van der Waals surface area contributed by atoms with Crippen LogP contribution in [0.4, 0.5) is 0 Å². The third-order valence-corrected chi connectivity index (χ3v) is 3.97. The number of Topliss-reactive ketones (excluding diaryl/α,β-unsaturated/α-hetero) is 1. The van der Waals surface area contributed by atoms with Crippen LogP contribution >= 0.6 is 35.0 Å². The van der Waals surface area contributed by atoms with Crippen molar-refractivity contribution in [2.75, 3.05) is 6.26 Å². The molecule has 5 nitrogen and oxygen atoms in total. The van der Waals surface area contributed by atoms with E-state index in [-0.39, 0.29) is 16.5 Å². The molecule has 2 aromatic rings. The lowest BCUT2D eigenvalue weighted by molar-refractivity contribution is 0.0312. The normalized spacial score (nSPS) is 11.8. The Kier molecular flexibility index (Phi) is 5.98. The van der Waals surface area contributed by atoms with Crippen LogP contribution in [-0.2, 0) is 4.74 Å². The molecule has 8 heteroatoms. The average Bonchev–Trinajstić information content (AvgIpc) is 2.55. The Labute approximate surface area is 147 Å². The number of aromatic nitrogens is 2. The van der Waals surface area contributed by atoms with Crippen LogP contribution in [0.25, 0.3) is 0 Å². The lowest BCUT2D eigenvalue weighted by Crippen LogP contribution is -2.25. The van der Waals surface area contributed by atoms with Crippen LogP contribution in [0.3, 0.4) is 0 Å². The minimum atomic E-state index is -0.979. The van der Waals surface area contributed by atoms with Gasteiger partial charge in [-0.15, -0.1) is 0 Å². The van der Waals surface area contributed by atoms with Crippen LogP contribution in [0.5, 0.6) is 0 Å². The van der Waals surface area contributed by atoms with E-state index in [9.17, 15) is 9.59 Å². The zero-order valence-electron chi connectivity index (χ0n) is 12.2. The van der Waals surface area contributed by atoms with Gasteiger partial charge in [0.15, 0.2) is 17.0 Å². The molecule has 0 radical (unpaired) electrons. The Balaban J connectivity index is 2.13. The summed E-state index contributed by atoms with van der Waals surface area (Å²) in [6.45, 7) is 1.49. The molecular weight excluding hydrogens is 359 g/mol. The average molecular weight is 371 g/mol. The minimum absolute atomic E-state index is 0.0678. The van der Waals surface area contributed by atoms with E-state index in [1.807, 2.05) is 0 Å². The summed E-state index contributed by atoms with van der Waals surface area (Å²) < 4.78 is 5.16. The first-order chi connectivity index (χ1) is 10.9. The predicted octanol–water partition coefficient (Wildman–Crippen LogP) is 3.93. The molecular formula is C15H12Cl2N2O3S. The van der Waals surface area contributed by atoms with Crippen LogP contribution in [0.1, 0.15) is 27.8 Å². The van der Waals surface area contributed by atoms with Crippen molar-refractivity contribution >= 4 is 46.7 Å². The van der Waals surface area contributed by atoms with Gasteiger partial charge in [-0.3, -0.25) is 4.79 Å². The van der Waals surface area contributed by atoms with E-state index in [2.05, 4.69) is 9.97 Å². The number of carbonyl (C=O) groups is 2. The lowest BCUT2D eigenvalue weighted by atomic mass is 10.1. The van der Waals surface area contributed by atoms with Gasteiger partial charge < -0.3 is 4.74 Å². The van der Waals surface area contributed by atoms with Gasteiger partial charge in [0.2, 0.25) is 5.78 Å². The summed E-state index contributed by atoms with van der Waals surface area (Å²) in [5.74, 6) is -1.12. The topological polar surface area (TPSA) is 69.2 Å². The smallest absolute Gasteiger partial charge is 0.359 e. The Hall–Kier alpha value is -1.63. The SMILES string of the molecule is CSc1ncc(Cl)c(C(=O)OC(C)C(=O)c2ccc(Cl)cc2)n1. The Morgan fingerprint density at radius 1 is 1.22 bits per heavy atom. The number of hydrogen-bond acceptors (Lipinski definition) is 6. The maximum atomic E-state index is 12.2. The first-order valence-corrected chi connectivity index (χ1v) is 8.47. The van der Waals surface area contributed by atoms with Crippen LogP contribution < -0.4 is 0 Å². The second-order valence-corrected chi connectivity index (χ2v) is 6.09. The molecule has 1 aromatic carbocycles. The second kappa shape index (κ2) is 7.77. The van der Waals surface area contributed by atoms with E-state index in [1.54, 1.807) is 30.5 Å². The van der Waals surface area contributed by atoms with Crippen molar-refractivity contribution in [1.29, 1.82) is 0 Å². The summed E-state index contributed by atoms with van der Waals surface area (Å²) in [7, 11) is 0. The number of rotatable bonds is 5. The van der Waals surface area contributed by atoms with Gasteiger partial charge in [0.25, 0.3) is 0 Å². The van der Waals surface area contributed by atoms with Crippen molar-refractivity contribution in [2.24, 2.45) is 0 Å². The summed E-state index contributed by atoms with van der Waals surface area (Å²) in [5, 5.41) is 0.973. The highest BCUT2D eigenvalue weighted by Crippen LogP contribution is 2.19. The third-order valence-electron chi connectivity index (χ3n) is 2.88. The highest BCUT2D eigenvalue weighted by atomic mass is 35.5. The molecule has 1 aromatic heterocycles. The van der Waals surface area contributed by atoms with E-state index in [0.717, 1.165) is 0 Å². The predicted molar refractivity (Wildman–Crippen MR) is 89.5 cm³/mol. The summed E-state index contributed by atoms with van der Waals surface area (Å²) in [6.07, 6.45) is 2.11. The third kappa shape index (κ3) is 4.43. The summed E-state index contributed by atoms with van der Waals surface area (Å²) >= 11 is 13.0. The zero-order chi connectivity index (χ0) is 17.0. The molecule has 2 rings (SSSR count). The fourth-order valence-corrected chi connectivity index (χ4v) is 2.35. The summed E-state index contributed by atoms with van der Waals surface area (Å²) in [5.41, 5.74) is 0.329. The van der Waals surface area contributed by atoms with Gasteiger partial charge in [0.1, 0.15) is 0 Å². The van der Waals surface area contributed by atoms with E-state index >= 15 is 0 Å². The largest absolute Gasteiger partial charge is 0.449 e. The lowest BCUT2D eigenvalue weighted by Gasteiger charge is -2.12. The number of nitrogens with zero attached hydrogens (tertiary/aromatic N) is 2. The number of esters is 1. The Bertz CT molecular complexity index is 738.